The molecule has 0 bridgehead atoms. The molecule has 0 spiro atoms. The van der Waals surface area contributed by atoms with E-state index in [0.717, 1.165) is 29.4 Å². The number of hydrogen-bond donors (Lipinski definition) is 1. The summed E-state index contributed by atoms with van der Waals surface area (Å²) in [7, 11) is -2.21. The minimum absolute atomic E-state index is 0.169. The molecule has 1 aromatic rings. The van der Waals surface area contributed by atoms with Crippen molar-refractivity contribution in [3.05, 3.63) is 29.8 Å². The highest BCUT2D eigenvalue weighted by molar-refractivity contribution is 7.89. The molecular weight excluding hydrogens is 362 g/mol. The molecule has 2 rings (SSSR count). The molecule has 0 radical (unpaired) electrons. The van der Waals surface area contributed by atoms with E-state index in [4.69, 9.17) is 0 Å². The number of sulfonamides is 1. The Morgan fingerprint density at radius 3 is 2.63 bits per heavy atom. The SMILES string of the molecule is CC[C@@H]1CCCCN1CCCNC(=O)CN(C)S(=O)(=O)c1ccc(C)cc1. The van der Waals surface area contributed by atoms with Crippen molar-refractivity contribution >= 4 is 15.9 Å². The number of rotatable bonds is 9. The first-order valence-electron chi connectivity index (χ1n) is 9.88. The monoisotopic (exact) mass is 395 g/mol. The van der Waals surface area contributed by atoms with Crippen LogP contribution in [0.15, 0.2) is 29.2 Å². The third-order valence-electron chi connectivity index (χ3n) is 5.26. The fraction of sp³-hybridized carbons (Fsp3) is 0.650. The van der Waals surface area contributed by atoms with Crippen LogP contribution in [0.1, 0.15) is 44.6 Å². The minimum atomic E-state index is -3.64. The predicted octanol–water partition coefficient (Wildman–Crippen LogP) is 2.39. The molecule has 1 aliphatic rings. The average Bonchev–Trinajstić information content (AvgIpc) is 2.65. The second kappa shape index (κ2) is 10.2. The maximum absolute atomic E-state index is 12.5. The minimum Gasteiger partial charge on any atom is -0.355 e. The van der Waals surface area contributed by atoms with Crippen LogP contribution in [0, 0.1) is 6.92 Å². The van der Waals surface area contributed by atoms with E-state index in [1.54, 1.807) is 24.3 Å². The molecule has 1 fully saturated rings. The van der Waals surface area contributed by atoms with Crippen LogP contribution >= 0.6 is 0 Å². The Morgan fingerprint density at radius 2 is 1.96 bits per heavy atom. The van der Waals surface area contributed by atoms with Gasteiger partial charge in [-0.15, -0.1) is 0 Å². The first-order chi connectivity index (χ1) is 12.8. The fourth-order valence-corrected chi connectivity index (χ4v) is 4.69. The van der Waals surface area contributed by atoms with Gasteiger partial charge in [0.15, 0.2) is 0 Å². The number of benzene rings is 1. The van der Waals surface area contributed by atoms with Gasteiger partial charge >= 0.3 is 0 Å². The lowest BCUT2D eigenvalue weighted by Gasteiger charge is -2.35. The van der Waals surface area contributed by atoms with Gasteiger partial charge in [-0.3, -0.25) is 4.79 Å². The predicted molar refractivity (Wildman–Crippen MR) is 108 cm³/mol. The van der Waals surface area contributed by atoms with Crippen LogP contribution in [-0.2, 0) is 14.8 Å². The largest absolute Gasteiger partial charge is 0.355 e. The van der Waals surface area contributed by atoms with Crippen LogP contribution in [0.2, 0.25) is 0 Å². The smallest absolute Gasteiger partial charge is 0.243 e. The highest BCUT2D eigenvalue weighted by Crippen LogP contribution is 2.19. The molecule has 7 heteroatoms. The normalized spacial score (nSPS) is 18.6. The maximum atomic E-state index is 12.5. The highest BCUT2D eigenvalue weighted by atomic mass is 32.2. The molecule has 0 aliphatic carbocycles. The molecule has 1 amide bonds. The molecule has 0 unspecified atom stereocenters. The molecule has 1 atom stereocenters. The van der Waals surface area contributed by atoms with Gasteiger partial charge < -0.3 is 10.2 Å². The van der Waals surface area contributed by atoms with Crippen molar-refractivity contribution in [2.75, 3.05) is 33.2 Å². The number of nitrogens with one attached hydrogen (secondary N) is 1. The summed E-state index contributed by atoms with van der Waals surface area (Å²) in [4.78, 5) is 14.9. The summed E-state index contributed by atoms with van der Waals surface area (Å²) in [6, 6.07) is 7.32. The number of aryl methyl sites for hydroxylation is 1. The van der Waals surface area contributed by atoms with Crippen molar-refractivity contribution < 1.29 is 13.2 Å². The highest BCUT2D eigenvalue weighted by Gasteiger charge is 2.23. The molecule has 1 aromatic carbocycles. The summed E-state index contributed by atoms with van der Waals surface area (Å²) in [6.45, 7) is 6.66. The number of likely N-dealkylation sites (N-methyl/N-ethyl adjacent to an activating group) is 1. The molecule has 0 saturated carbocycles. The van der Waals surface area contributed by atoms with E-state index in [1.165, 1.54) is 32.7 Å². The average molecular weight is 396 g/mol. The fourth-order valence-electron chi connectivity index (χ4n) is 3.56. The number of hydrogen-bond acceptors (Lipinski definition) is 4. The number of carbonyl (C=O) groups is 1. The molecule has 1 heterocycles. The van der Waals surface area contributed by atoms with Gasteiger partial charge in [0.1, 0.15) is 0 Å². The van der Waals surface area contributed by atoms with Crippen molar-refractivity contribution in [2.24, 2.45) is 0 Å². The number of nitrogens with zero attached hydrogens (tertiary/aromatic N) is 2. The molecule has 1 N–H and O–H groups in total. The third-order valence-corrected chi connectivity index (χ3v) is 7.08. The summed E-state index contributed by atoms with van der Waals surface area (Å²) >= 11 is 0. The van der Waals surface area contributed by atoms with Crippen molar-refractivity contribution in [3.63, 3.8) is 0 Å². The zero-order valence-electron chi connectivity index (χ0n) is 16.8. The van der Waals surface area contributed by atoms with E-state index in [9.17, 15) is 13.2 Å². The molecule has 27 heavy (non-hydrogen) atoms. The van der Waals surface area contributed by atoms with Gasteiger partial charge in [-0.25, -0.2) is 8.42 Å². The topological polar surface area (TPSA) is 69.7 Å². The summed E-state index contributed by atoms with van der Waals surface area (Å²) in [5.41, 5.74) is 0.994. The Labute approximate surface area is 164 Å². The first kappa shape index (κ1) is 21.9. The van der Waals surface area contributed by atoms with E-state index >= 15 is 0 Å². The van der Waals surface area contributed by atoms with Crippen LogP contribution in [0.4, 0.5) is 0 Å². The molecule has 6 nitrogen and oxygen atoms in total. The van der Waals surface area contributed by atoms with Crippen LogP contribution < -0.4 is 5.32 Å². The quantitative estimate of drug-likeness (QED) is 0.652. The Morgan fingerprint density at radius 1 is 1.26 bits per heavy atom. The van der Waals surface area contributed by atoms with Gasteiger partial charge in [0.2, 0.25) is 15.9 Å². The molecule has 1 aliphatic heterocycles. The van der Waals surface area contributed by atoms with Crippen molar-refractivity contribution in [1.29, 1.82) is 0 Å². The van der Waals surface area contributed by atoms with E-state index < -0.39 is 10.0 Å². The Bertz CT molecular complexity index is 704. The van der Waals surface area contributed by atoms with Gasteiger partial charge in [-0.2, -0.15) is 4.31 Å². The van der Waals surface area contributed by atoms with Crippen LogP contribution in [-0.4, -0.2) is 62.8 Å². The van der Waals surface area contributed by atoms with E-state index in [0.29, 0.717) is 12.6 Å². The van der Waals surface area contributed by atoms with Gasteiger partial charge in [0, 0.05) is 26.2 Å². The lowest BCUT2D eigenvalue weighted by molar-refractivity contribution is -0.121. The summed E-state index contributed by atoms with van der Waals surface area (Å²) in [5.74, 6) is -0.265. The van der Waals surface area contributed by atoms with Gasteiger partial charge in [0.25, 0.3) is 0 Å². The molecule has 1 saturated heterocycles. The molecule has 0 aromatic heterocycles. The van der Waals surface area contributed by atoms with E-state index in [1.807, 2.05) is 6.92 Å². The second-order valence-electron chi connectivity index (χ2n) is 7.37. The van der Waals surface area contributed by atoms with E-state index in [-0.39, 0.29) is 17.3 Å². The van der Waals surface area contributed by atoms with Crippen molar-refractivity contribution in [3.8, 4) is 0 Å². The summed E-state index contributed by atoms with van der Waals surface area (Å²) in [5, 5.41) is 2.85. The van der Waals surface area contributed by atoms with Crippen LogP contribution in [0.25, 0.3) is 0 Å². The summed E-state index contributed by atoms with van der Waals surface area (Å²) in [6.07, 6.45) is 5.90. The Kier molecular flexibility index (Phi) is 8.26. The number of amides is 1. The van der Waals surface area contributed by atoms with Crippen LogP contribution in [0.3, 0.4) is 0 Å². The van der Waals surface area contributed by atoms with Crippen molar-refractivity contribution in [2.45, 2.75) is 56.9 Å². The Balaban J connectivity index is 1.75. The zero-order chi connectivity index (χ0) is 19.9. The van der Waals surface area contributed by atoms with E-state index in [2.05, 4.69) is 17.1 Å². The third kappa shape index (κ3) is 6.30. The maximum Gasteiger partial charge on any atom is 0.243 e. The number of likely N-dealkylation sites (tertiary alicyclic amines) is 1. The van der Waals surface area contributed by atoms with Gasteiger partial charge in [-0.05, 0) is 51.3 Å². The first-order valence-corrected chi connectivity index (χ1v) is 11.3. The van der Waals surface area contributed by atoms with Crippen LogP contribution in [0.5, 0.6) is 0 Å². The standard InChI is InChI=1S/C20H33N3O3S/c1-4-18-8-5-6-14-23(18)15-7-13-21-20(24)16-22(3)27(25,26)19-11-9-17(2)10-12-19/h9-12,18H,4-8,13-16H2,1-3H3,(H,21,24)/t18-/m1/s1. The number of carbonyl (C=O) groups excluding carboxylic acids is 1. The molecular formula is C20H33N3O3S. The lowest BCUT2D eigenvalue weighted by Crippen LogP contribution is -2.42. The zero-order valence-corrected chi connectivity index (χ0v) is 17.6. The Hall–Kier alpha value is -1.44. The lowest BCUT2D eigenvalue weighted by atomic mass is 10.00. The van der Waals surface area contributed by atoms with Gasteiger partial charge in [-0.1, -0.05) is 31.0 Å². The second-order valence-corrected chi connectivity index (χ2v) is 9.42. The summed E-state index contributed by atoms with van der Waals surface area (Å²) < 4.78 is 26.1. The van der Waals surface area contributed by atoms with Crippen molar-refractivity contribution in [1.82, 2.24) is 14.5 Å². The molecule has 152 valence electrons. The van der Waals surface area contributed by atoms with Gasteiger partial charge in [0.05, 0.1) is 11.4 Å². The number of piperidine rings is 1.